The summed E-state index contributed by atoms with van der Waals surface area (Å²) in [5, 5.41) is 0. The molecule has 0 bridgehead atoms. The Morgan fingerprint density at radius 2 is 2.05 bits per heavy atom. The second-order valence-corrected chi connectivity index (χ2v) is 4.91. The van der Waals surface area contributed by atoms with Crippen molar-refractivity contribution in [2.45, 2.75) is 32.4 Å². The summed E-state index contributed by atoms with van der Waals surface area (Å²) >= 11 is 0. The molecule has 6 heteroatoms. The van der Waals surface area contributed by atoms with Gasteiger partial charge in [-0.05, 0) is 37.8 Å². The third-order valence-electron chi connectivity index (χ3n) is 3.55. The Labute approximate surface area is 111 Å². The Morgan fingerprint density at radius 3 is 2.53 bits per heavy atom. The van der Waals surface area contributed by atoms with E-state index >= 15 is 0 Å². The summed E-state index contributed by atoms with van der Waals surface area (Å²) in [5.74, 6) is 1.44. The van der Waals surface area contributed by atoms with Gasteiger partial charge in [-0.2, -0.15) is 8.78 Å². The van der Waals surface area contributed by atoms with Gasteiger partial charge >= 0.3 is 6.61 Å². The lowest BCUT2D eigenvalue weighted by atomic mass is 9.91. The zero-order valence-electron chi connectivity index (χ0n) is 10.9. The molecule has 0 radical (unpaired) electrons. The standard InChI is InChI=1S/C13H19F2N3O/c1-9(16)10-4-6-18(7-5-10)12-3-2-11(8-17-12)19-13(14)15/h2-3,8-10,13H,4-7,16H2,1H3. The monoisotopic (exact) mass is 271 g/mol. The average molecular weight is 271 g/mol. The summed E-state index contributed by atoms with van der Waals surface area (Å²) in [4.78, 5) is 6.31. The molecule has 106 valence electrons. The first-order valence-electron chi connectivity index (χ1n) is 6.47. The Morgan fingerprint density at radius 1 is 1.37 bits per heavy atom. The van der Waals surface area contributed by atoms with E-state index in [-0.39, 0.29) is 11.8 Å². The van der Waals surface area contributed by atoms with Gasteiger partial charge in [0.05, 0.1) is 6.20 Å². The van der Waals surface area contributed by atoms with Crippen molar-refractivity contribution in [2.75, 3.05) is 18.0 Å². The van der Waals surface area contributed by atoms with Crippen LogP contribution in [0.2, 0.25) is 0 Å². The first kappa shape index (κ1) is 14.0. The van der Waals surface area contributed by atoms with Crippen LogP contribution in [0.15, 0.2) is 18.3 Å². The van der Waals surface area contributed by atoms with Crippen LogP contribution in [0.1, 0.15) is 19.8 Å². The molecule has 1 atom stereocenters. The highest BCUT2D eigenvalue weighted by atomic mass is 19.3. The van der Waals surface area contributed by atoms with Gasteiger partial charge in [0.25, 0.3) is 0 Å². The van der Waals surface area contributed by atoms with Crippen LogP contribution in [-0.2, 0) is 0 Å². The van der Waals surface area contributed by atoms with Crippen LogP contribution < -0.4 is 15.4 Å². The topological polar surface area (TPSA) is 51.4 Å². The summed E-state index contributed by atoms with van der Waals surface area (Å²) in [5.41, 5.74) is 5.90. The fraction of sp³-hybridized carbons (Fsp3) is 0.615. The number of aromatic nitrogens is 1. The number of hydrogen-bond acceptors (Lipinski definition) is 4. The van der Waals surface area contributed by atoms with Gasteiger partial charge in [-0.3, -0.25) is 0 Å². The number of alkyl halides is 2. The number of halogens is 2. The molecule has 0 amide bonds. The molecule has 2 N–H and O–H groups in total. The zero-order chi connectivity index (χ0) is 13.8. The molecular formula is C13H19F2N3O. The molecule has 1 aliphatic heterocycles. The Kier molecular flexibility index (Phi) is 4.52. The van der Waals surface area contributed by atoms with E-state index in [0.29, 0.717) is 5.92 Å². The molecular weight excluding hydrogens is 252 g/mol. The largest absolute Gasteiger partial charge is 0.433 e. The van der Waals surface area contributed by atoms with E-state index in [1.165, 1.54) is 12.3 Å². The van der Waals surface area contributed by atoms with Crippen LogP contribution >= 0.6 is 0 Å². The number of ether oxygens (including phenoxy) is 1. The molecule has 1 saturated heterocycles. The molecule has 1 fully saturated rings. The van der Waals surface area contributed by atoms with Gasteiger partial charge in [-0.25, -0.2) is 4.98 Å². The van der Waals surface area contributed by atoms with Crippen molar-refractivity contribution in [3.8, 4) is 5.75 Å². The van der Waals surface area contributed by atoms with E-state index in [2.05, 4.69) is 14.6 Å². The molecule has 0 aromatic carbocycles. The lowest BCUT2D eigenvalue weighted by Crippen LogP contribution is -2.40. The van der Waals surface area contributed by atoms with E-state index < -0.39 is 6.61 Å². The normalized spacial score (nSPS) is 18.7. The molecule has 2 heterocycles. The number of nitrogens with zero attached hydrogens (tertiary/aromatic N) is 2. The summed E-state index contributed by atoms with van der Waals surface area (Å²) in [7, 11) is 0. The fourth-order valence-electron chi connectivity index (χ4n) is 2.39. The van der Waals surface area contributed by atoms with Gasteiger partial charge in [0, 0.05) is 19.1 Å². The average Bonchev–Trinajstić information content (AvgIpc) is 2.39. The third-order valence-corrected chi connectivity index (χ3v) is 3.55. The molecule has 2 rings (SSSR count). The van der Waals surface area contributed by atoms with Crippen molar-refractivity contribution in [1.29, 1.82) is 0 Å². The van der Waals surface area contributed by atoms with Crippen LogP contribution in [0, 0.1) is 5.92 Å². The Bertz CT molecular complexity index is 389. The number of rotatable bonds is 4. The van der Waals surface area contributed by atoms with Gasteiger partial charge < -0.3 is 15.4 Å². The number of hydrogen-bond donors (Lipinski definition) is 1. The van der Waals surface area contributed by atoms with Crippen molar-refractivity contribution >= 4 is 5.82 Å². The Hall–Kier alpha value is -1.43. The minimum atomic E-state index is -2.81. The number of piperidine rings is 1. The summed E-state index contributed by atoms with van der Waals surface area (Å²) in [6, 6.07) is 3.45. The van der Waals surface area contributed by atoms with Gasteiger partial charge in [-0.15, -0.1) is 0 Å². The van der Waals surface area contributed by atoms with Crippen molar-refractivity contribution in [2.24, 2.45) is 11.7 Å². The lowest BCUT2D eigenvalue weighted by molar-refractivity contribution is -0.0500. The van der Waals surface area contributed by atoms with Crippen molar-refractivity contribution < 1.29 is 13.5 Å². The maximum absolute atomic E-state index is 12.0. The lowest BCUT2D eigenvalue weighted by Gasteiger charge is -2.34. The van der Waals surface area contributed by atoms with E-state index in [4.69, 9.17) is 5.73 Å². The maximum atomic E-state index is 12.0. The predicted molar refractivity (Wildman–Crippen MR) is 69.5 cm³/mol. The van der Waals surface area contributed by atoms with Crippen LogP contribution in [0.4, 0.5) is 14.6 Å². The van der Waals surface area contributed by atoms with Crippen molar-refractivity contribution in [3.05, 3.63) is 18.3 Å². The van der Waals surface area contributed by atoms with E-state index in [9.17, 15) is 8.78 Å². The molecule has 0 aliphatic carbocycles. The van der Waals surface area contributed by atoms with Gasteiger partial charge in [0.15, 0.2) is 0 Å². The first-order valence-corrected chi connectivity index (χ1v) is 6.47. The van der Waals surface area contributed by atoms with Crippen LogP contribution in [0.5, 0.6) is 5.75 Å². The molecule has 0 spiro atoms. The van der Waals surface area contributed by atoms with Gasteiger partial charge in [-0.1, -0.05) is 0 Å². The summed E-state index contributed by atoms with van der Waals surface area (Å²) in [6.45, 7) is 1.02. The second kappa shape index (κ2) is 6.14. The number of nitrogens with two attached hydrogens (primary N) is 1. The number of pyridine rings is 1. The predicted octanol–water partition coefficient (Wildman–Crippen LogP) is 2.25. The highest BCUT2D eigenvalue weighted by Gasteiger charge is 2.22. The highest BCUT2D eigenvalue weighted by Crippen LogP contribution is 2.24. The van der Waals surface area contributed by atoms with E-state index in [1.807, 2.05) is 6.92 Å². The van der Waals surface area contributed by atoms with E-state index in [1.54, 1.807) is 6.07 Å². The first-order chi connectivity index (χ1) is 9.06. The van der Waals surface area contributed by atoms with Gasteiger partial charge in [0.2, 0.25) is 0 Å². The molecule has 1 aliphatic rings. The van der Waals surface area contributed by atoms with E-state index in [0.717, 1.165) is 31.7 Å². The SMILES string of the molecule is CC(N)C1CCN(c2ccc(OC(F)F)cn2)CC1. The number of anilines is 1. The highest BCUT2D eigenvalue weighted by molar-refractivity contribution is 5.41. The third kappa shape index (κ3) is 3.76. The molecule has 1 unspecified atom stereocenters. The molecule has 4 nitrogen and oxygen atoms in total. The van der Waals surface area contributed by atoms with Crippen LogP contribution in [0.3, 0.4) is 0 Å². The Balaban J connectivity index is 1.92. The second-order valence-electron chi connectivity index (χ2n) is 4.91. The van der Waals surface area contributed by atoms with Crippen molar-refractivity contribution in [1.82, 2.24) is 4.98 Å². The van der Waals surface area contributed by atoms with Crippen molar-refractivity contribution in [3.63, 3.8) is 0 Å². The smallest absolute Gasteiger partial charge is 0.387 e. The quantitative estimate of drug-likeness (QED) is 0.912. The van der Waals surface area contributed by atoms with Gasteiger partial charge in [0.1, 0.15) is 11.6 Å². The summed E-state index contributed by atoms with van der Waals surface area (Å²) < 4.78 is 28.3. The zero-order valence-corrected chi connectivity index (χ0v) is 10.9. The molecule has 19 heavy (non-hydrogen) atoms. The van der Waals surface area contributed by atoms with Crippen LogP contribution in [-0.4, -0.2) is 30.7 Å². The molecule has 1 aromatic heterocycles. The summed E-state index contributed by atoms with van der Waals surface area (Å²) in [6.07, 6.45) is 3.41. The van der Waals surface area contributed by atoms with Crippen LogP contribution in [0.25, 0.3) is 0 Å². The molecule has 1 aromatic rings. The fourth-order valence-corrected chi connectivity index (χ4v) is 2.39. The maximum Gasteiger partial charge on any atom is 0.387 e. The minimum absolute atomic E-state index is 0.0872. The minimum Gasteiger partial charge on any atom is -0.433 e. The molecule has 0 saturated carbocycles.